The number of aliphatic hydroxyl groups is 1. The summed E-state index contributed by atoms with van der Waals surface area (Å²) in [6, 6.07) is 0. The zero-order chi connectivity index (χ0) is 18.5. The molecule has 0 aromatic heterocycles. The smallest absolute Gasteiger partial charge is 0.293 e. The second kappa shape index (κ2) is 14.1. The van der Waals surface area contributed by atoms with Crippen molar-refractivity contribution in [3.05, 3.63) is 0 Å². The summed E-state index contributed by atoms with van der Waals surface area (Å²) in [6.07, 6.45) is 7.01. The lowest BCUT2D eigenvalue weighted by atomic mass is 9.94. The Hall–Kier alpha value is 0.0500. The van der Waals surface area contributed by atoms with Crippen LogP contribution < -0.4 is 0 Å². The Bertz CT molecular complexity index is 361. The van der Waals surface area contributed by atoms with Gasteiger partial charge in [-0.05, 0) is 76.5 Å². The van der Waals surface area contributed by atoms with Crippen molar-refractivity contribution in [3.63, 3.8) is 0 Å². The summed E-state index contributed by atoms with van der Waals surface area (Å²) in [7, 11) is 4.04. The van der Waals surface area contributed by atoms with E-state index < -0.39 is 0 Å². The van der Waals surface area contributed by atoms with Crippen molar-refractivity contribution in [3.8, 4) is 0 Å². The van der Waals surface area contributed by atoms with E-state index in [-0.39, 0.29) is 0 Å². The fraction of sp³-hybridized carbons (Fsp3) is 0.947. The average Bonchev–Trinajstić information content (AvgIpc) is 2.67. The first kappa shape index (κ1) is 22.3. The van der Waals surface area contributed by atoms with Crippen LogP contribution in [0.1, 0.15) is 38.5 Å². The summed E-state index contributed by atoms with van der Waals surface area (Å²) in [5.41, 5.74) is 0. The molecule has 0 aromatic rings. The molecule has 5 nitrogen and oxygen atoms in total. The van der Waals surface area contributed by atoms with Crippen LogP contribution in [-0.2, 0) is 9.53 Å². The quantitative estimate of drug-likeness (QED) is 0.288. The molecule has 2 rings (SSSR count). The van der Waals surface area contributed by atoms with Crippen LogP contribution in [0.4, 0.5) is 0 Å². The molecule has 0 amide bonds. The topological polar surface area (TPSA) is 53.0 Å². The van der Waals surface area contributed by atoms with Crippen LogP contribution in [0.2, 0.25) is 0 Å². The second-order valence-electron chi connectivity index (χ2n) is 7.48. The number of carbonyl (C=O) groups is 1. The average molecular weight is 405 g/mol. The van der Waals surface area contributed by atoms with Gasteiger partial charge in [0.1, 0.15) is 0 Å². The highest BCUT2D eigenvalue weighted by atomic mass is 33.1. The molecule has 7 heteroatoms. The Morgan fingerprint density at radius 2 is 1.38 bits per heavy atom. The molecule has 0 spiro atoms. The Kier molecular flexibility index (Phi) is 12.1. The van der Waals surface area contributed by atoms with Crippen LogP contribution in [0, 0.1) is 11.8 Å². The van der Waals surface area contributed by atoms with Gasteiger partial charge in [-0.15, -0.1) is 0 Å². The maximum absolute atomic E-state index is 10.2. The molecule has 0 aromatic carbocycles. The van der Waals surface area contributed by atoms with Crippen LogP contribution in [0.15, 0.2) is 0 Å². The lowest BCUT2D eigenvalue weighted by molar-refractivity contribution is -0.129. The van der Waals surface area contributed by atoms with E-state index >= 15 is 0 Å². The molecule has 0 radical (unpaired) electrons. The number of hydrogen-bond donors (Lipinski definition) is 1. The third-order valence-electron chi connectivity index (χ3n) is 5.73. The van der Waals surface area contributed by atoms with Gasteiger partial charge in [-0.25, -0.2) is 0 Å². The molecule has 0 unspecified atom stereocenters. The first-order chi connectivity index (χ1) is 12.8. The van der Waals surface area contributed by atoms with Crippen molar-refractivity contribution in [1.29, 1.82) is 0 Å². The lowest BCUT2D eigenvalue weighted by Crippen LogP contribution is -2.35. The minimum absolute atomic E-state index is 0.351. The maximum atomic E-state index is 10.2. The molecule has 2 fully saturated rings. The molecule has 2 heterocycles. The largest absolute Gasteiger partial charge is 0.468 e. The van der Waals surface area contributed by atoms with Crippen LogP contribution in [0.3, 0.4) is 0 Å². The molecule has 0 aliphatic carbocycles. The molecule has 2 saturated heterocycles. The van der Waals surface area contributed by atoms with Gasteiger partial charge in [0.2, 0.25) is 0 Å². The zero-order valence-corrected chi connectivity index (χ0v) is 17.7. The highest BCUT2D eigenvalue weighted by Crippen LogP contribution is 2.25. The van der Waals surface area contributed by atoms with E-state index in [1.807, 2.05) is 21.6 Å². The van der Waals surface area contributed by atoms with Gasteiger partial charge >= 0.3 is 0 Å². The Balaban J connectivity index is 1.39. The number of piperidine rings is 2. The predicted octanol–water partition coefficient (Wildman–Crippen LogP) is 2.74. The monoisotopic (exact) mass is 404 g/mol. The van der Waals surface area contributed by atoms with Crippen molar-refractivity contribution in [2.75, 3.05) is 64.0 Å². The van der Waals surface area contributed by atoms with Crippen molar-refractivity contribution in [2.24, 2.45) is 11.8 Å². The summed E-state index contributed by atoms with van der Waals surface area (Å²) >= 11 is 0. The van der Waals surface area contributed by atoms with E-state index in [0.717, 1.165) is 24.7 Å². The van der Waals surface area contributed by atoms with E-state index in [1.165, 1.54) is 76.5 Å². The minimum atomic E-state index is 0.351. The SMILES string of the molecule is O=COCCC1CCN(CCSSCCN2CCC(CCO)CC2)CC1. The van der Waals surface area contributed by atoms with Gasteiger partial charge in [-0.2, -0.15) is 0 Å². The van der Waals surface area contributed by atoms with E-state index in [2.05, 4.69) is 9.80 Å². The molecule has 0 atom stereocenters. The number of likely N-dealkylation sites (tertiary alicyclic amines) is 2. The summed E-state index contributed by atoms with van der Waals surface area (Å²) in [6.45, 7) is 8.71. The molecular formula is C19H36N2O3S2. The molecule has 26 heavy (non-hydrogen) atoms. The van der Waals surface area contributed by atoms with Crippen molar-refractivity contribution in [1.82, 2.24) is 9.80 Å². The summed E-state index contributed by atoms with van der Waals surface area (Å²) < 4.78 is 4.81. The van der Waals surface area contributed by atoms with E-state index in [1.54, 1.807) is 0 Å². The second-order valence-corrected chi connectivity index (χ2v) is 10.2. The molecule has 0 saturated carbocycles. The van der Waals surface area contributed by atoms with Gasteiger partial charge in [0, 0.05) is 31.2 Å². The number of rotatable bonds is 13. The first-order valence-corrected chi connectivity index (χ1v) is 12.7. The van der Waals surface area contributed by atoms with Crippen molar-refractivity contribution >= 4 is 28.1 Å². The number of hydrogen-bond acceptors (Lipinski definition) is 7. The van der Waals surface area contributed by atoms with Crippen LogP contribution in [0.25, 0.3) is 0 Å². The van der Waals surface area contributed by atoms with Gasteiger partial charge < -0.3 is 19.6 Å². The number of carbonyl (C=O) groups excluding carboxylic acids is 1. The van der Waals surface area contributed by atoms with Gasteiger partial charge in [0.15, 0.2) is 0 Å². The fourth-order valence-electron chi connectivity index (χ4n) is 3.91. The highest BCUT2D eigenvalue weighted by molar-refractivity contribution is 8.76. The summed E-state index contributed by atoms with van der Waals surface area (Å²) in [5.74, 6) is 3.91. The summed E-state index contributed by atoms with van der Waals surface area (Å²) in [4.78, 5) is 15.3. The molecule has 1 N–H and O–H groups in total. The molecular weight excluding hydrogens is 368 g/mol. The molecule has 2 aliphatic rings. The van der Waals surface area contributed by atoms with E-state index in [0.29, 0.717) is 19.7 Å². The van der Waals surface area contributed by atoms with Crippen molar-refractivity contribution < 1.29 is 14.6 Å². The maximum Gasteiger partial charge on any atom is 0.293 e. The van der Waals surface area contributed by atoms with Crippen LogP contribution in [-0.4, -0.2) is 85.4 Å². The normalized spacial score (nSPS) is 21.1. The predicted molar refractivity (Wildman–Crippen MR) is 112 cm³/mol. The third-order valence-corrected chi connectivity index (χ3v) is 8.09. The number of aliphatic hydroxyl groups excluding tert-OH is 1. The van der Waals surface area contributed by atoms with Crippen LogP contribution >= 0.6 is 21.6 Å². The summed E-state index contributed by atoms with van der Waals surface area (Å²) in [5, 5.41) is 9.02. The molecule has 2 aliphatic heterocycles. The third kappa shape index (κ3) is 9.31. The van der Waals surface area contributed by atoms with E-state index in [9.17, 15) is 4.79 Å². The fourth-order valence-corrected chi connectivity index (χ4v) is 5.97. The Labute approximate surface area is 167 Å². The van der Waals surface area contributed by atoms with E-state index in [4.69, 9.17) is 9.84 Å². The van der Waals surface area contributed by atoms with Gasteiger partial charge in [0.05, 0.1) is 6.61 Å². The van der Waals surface area contributed by atoms with Gasteiger partial charge in [0.25, 0.3) is 6.47 Å². The van der Waals surface area contributed by atoms with Crippen LogP contribution in [0.5, 0.6) is 0 Å². The van der Waals surface area contributed by atoms with Gasteiger partial charge in [-0.1, -0.05) is 21.6 Å². The number of ether oxygens (including phenoxy) is 1. The lowest BCUT2D eigenvalue weighted by Gasteiger charge is -2.32. The molecule has 0 bridgehead atoms. The number of nitrogens with zero attached hydrogens (tertiary/aromatic N) is 2. The van der Waals surface area contributed by atoms with Crippen molar-refractivity contribution in [2.45, 2.75) is 38.5 Å². The minimum Gasteiger partial charge on any atom is -0.468 e. The zero-order valence-electron chi connectivity index (χ0n) is 16.0. The Morgan fingerprint density at radius 3 is 1.85 bits per heavy atom. The molecule has 152 valence electrons. The highest BCUT2D eigenvalue weighted by Gasteiger charge is 2.19. The Morgan fingerprint density at radius 1 is 0.885 bits per heavy atom. The first-order valence-electron chi connectivity index (χ1n) is 10.2. The standard InChI is InChI=1S/C19H36N2O3S2/c22-13-5-18-1-7-20(8-2-18)11-15-25-26-16-12-21-9-3-19(4-10-21)6-14-24-17-23/h17-19,22H,1-16H2. The van der Waals surface area contributed by atoms with Gasteiger partial charge in [-0.3, -0.25) is 4.79 Å².